The van der Waals surface area contributed by atoms with Crippen LogP contribution in [0.15, 0.2) is 41.3 Å². The normalized spacial score (nSPS) is 18.6. The Morgan fingerprint density at radius 1 is 1.26 bits per heavy atom. The third kappa shape index (κ3) is 3.08. The van der Waals surface area contributed by atoms with Crippen LogP contribution in [0.25, 0.3) is 0 Å². The van der Waals surface area contributed by atoms with Crippen LogP contribution in [-0.2, 0) is 17.9 Å². The molecule has 2 aromatic rings. The number of hydrogen-bond donors (Lipinski definition) is 1. The van der Waals surface area contributed by atoms with Crippen molar-refractivity contribution < 1.29 is 24.2 Å². The Bertz CT molecular complexity index is 953. The first-order valence-corrected chi connectivity index (χ1v) is 8.66. The van der Waals surface area contributed by atoms with Crippen molar-refractivity contribution in [1.29, 1.82) is 0 Å². The minimum Gasteiger partial charge on any atom is -0.483 e. The first kappa shape index (κ1) is 17.3. The Morgan fingerprint density at radius 2 is 2.04 bits per heavy atom. The zero-order chi connectivity index (χ0) is 19.0. The van der Waals surface area contributed by atoms with Crippen LogP contribution < -0.4 is 10.2 Å². The Morgan fingerprint density at radius 3 is 2.78 bits per heavy atom. The molecule has 1 amide bonds. The van der Waals surface area contributed by atoms with Crippen LogP contribution in [0.2, 0.25) is 0 Å². The quantitative estimate of drug-likeness (QED) is 0.872. The zero-order valence-corrected chi connectivity index (χ0v) is 14.5. The fraction of sp³-hybridized carbons (Fsp3) is 0.316. The van der Waals surface area contributed by atoms with Crippen LogP contribution in [0, 0.1) is 0 Å². The van der Waals surface area contributed by atoms with E-state index in [2.05, 4.69) is 0 Å². The first-order valence-electron chi connectivity index (χ1n) is 8.66. The third-order valence-corrected chi connectivity index (χ3v) is 4.71. The molecule has 1 aromatic carbocycles. The lowest BCUT2D eigenvalue weighted by Crippen LogP contribution is -2.53. The highest BCUT2D eigenvalue weighted by molar-refractivity contribution is 5.97. The lowest BCUT2D eigenvalue weighted by atomic mass is 10.1. The number of aromatic nitrogens is 1. The number of rotatable bonds is 4. The summed E-state index contributed by atoms with van der Waals surface area (Å²) in [5.41, 5.74) is -0.352. The van der Waals surface area contributed by atoms with Gasteiger partial charge in [0.15, 0.2) is 17.7 Å². The molecule has 0 bridgehead atoms. The van der Waals surface area contributed by atoms with Crippen molar-refractivity contribution in [3.63, 3.8) is 0 Å². The lowest BCUT2D eigenvalue weighted by Gasteiger charge is -2.40. The molecule has 1 fully saturated rings. The van der Waals surface area contributed by atoms with E-state index in [0.29, 0.717) is 19.6 Å². The monoisotopic (exact) mass is 370 g/mol. The number of carbonyl (C=O) groups is 2. The van der Waals surface area contributed by atoms with Gasteiger partial charge in [0, 0.05) is 12.7 Å². The number of carboxylic acids is 1. The van der Waals surface area contributed by atoms with Gasteiger partial charge in [-0.1, -0.05) is 30.3 Å². The molecule has 3 heterocycles. The predicted molar refractivity (Wildman–Crippen MR) is 93.8 cm³/mol. The van der Waals surface area contributed by atoms with E-state index in [1.165, 1.54) is 10.8 Å². The molecule has 8 heteroatoms. The van der Waals surface area contributed by atoms with E-state index in [1.54, 1.807) is 4.90 Å². The number of pyridine rings is 1. The Labute approximate surface area is 154 Å². The van der Waals surface area contributed by atoms with Crippen LogP contribution in [0.3, 0.4) is 0 Å². The molecule has 0 unspecified atom stereocenters. The molecule has 8 nitrogen and oxygen atoms in total. The molecule has 27 heavy (non-hydrogen) atoms. The number of amides is 1. The van der Waals surface area contributed by atoms with Gasteiger partial charge in [-0.05, 0) is 12.0 Å². The number of fused-ring (bicyclic) bond motifs is 2. The fourth-order valence-corrected chi connectivity index (χ4v) is 3.40. The van der Waals surface area contributed by atoms with E-state index in [-0.39, 0.29) is 30.5 Å². The molecule has 0 spiro atoms. The van der Waals surface area contributed by atoms with Gasteiger partial charge in [0.05, 0.1) is 13.2 Å². The summed E-state index contributed by atoms with van der Waals surface area (Å²) in [7, 11) is 0. The summed E-state index contributed by atoms with van der Waals surface area (Å²) in [6.45, 7) is 1.37. The zero-order valence-electron chi connectivity index (χ0n) is 14.5. The molecule has 2 aliphatic heterocycles. The molecular formula is C19H18N2O6. The van der Waals surface area contributed by atoms with Gasteiger partial charge in [0.25, 0.3) is 5.91 Å². The van der Waals surface area contributed by atoms with Crippen LogP contribution in [0.4, 0.5) is 0 Å². The van der Waals surface area contributed by atoms with Crippen molar-refractivity contribution in [2.75, 3.05) is 13.2 Å². The SMILES string of the molecule is O=C(O)c1cn2c(c(OCc3ccccc3)c1=O)C(=O)N1CCCO[C@H]1C2. The molecular weight excluding hydrogens is 352 g/mol. The number of carbonyl (C=O) groups excluding carboxylic acids is 1. The molecule has 0 aliphatic carbocycles. The molecule has 140 valence electrons. The van der Waals surface area contributed by atoms with Crippen molar-refractivity contribution in [2.45, 2.75) is 25.8 Å². The van der Waals surface area contributed by atoms with Crippen LogP contribution >= 0.6 is 0 Å². The van der Waals surface area contributed by atoms with Crippen molar-refractivity contribution in [3.05, 3.63) is 63.6 Å². The van der Waals surface area contributed by atoms with Gasteiger partial charge in [0.1, 0.15) is 12.2 Å². The maximum Gasteiger partial charge on any atom is 0.341 e. The fourth-order valence-electron chi connectivity index (χ4n) is 3.40. The molecule has 0 radical (unpaired) electrons. The summed E-state index contributed by atoms with van der Waals surface area (Å²) >= 11 is 0. The van der Waals surface area contributed by atoms with Crippen molar-refractivity contribution in [3.8, 4) is 5.75 Å². The first-order chi connectivity index (χ1) is 13.1. The summed E-state index contributed by atoms with van der Waals surface area (Å²) in [5, 5.41) is 9.38. The number of ether oxygens (including phenoxy) is 2. The van der Waals surface area contributed by atoms with Gasteiger partial charge in [-0.25, -0.2) is 4.79 Å². The molecule has 2 aliphatic rings. The smallest absolute Gasteiger partial charge is 0.341 e. The average Bonchev–Trinajstić information content (AvgIpc) is 2.68. The summed E-state index contributed by atoms with van der Waals surface area (Å²) in [6.07, 6.45) is 1.44. The van der Waals surface area contributed by atoms with E-state index in [4.69, 9.17) is 9.47 Å². The average molecular weight is 370 g/mol. The van der Waals surface area contributed by atoms with E-state index in [0.717, 1.165) is 5.56 Å². The van der Waals surface area contributed by atoms with E-state index >= 15 is 0 Å². The summed E-state index contributed by atoms with van der Waals surface area (Å²) in [4.78, 5) is 38.7. The predicted octanol–water partition coefficient (Wildman–Crippen LogP) is 1.33. The van der Waals surface area contributed by atoms with Crippen molar-refractivity contribution >= 4 is 11.9 Å². The van der Waals surface area contributed by atoms with Gasteiger partial charge in [-0.15, -0.1) is 0 Å². The number of benzene rings is 1. The molecule has 1 atom stereocenters. The van der Waals surface area contributed by atoms with E-state index < -0.39 is 23.2 Å². The largest absolute Gasteiger partial charge is 0.483 e. The standard InChI is InChI=1S/C19H18N2O6/c22-16-13(19(24)25)9-20-10-14-21(7-4-8-26-14)18(23)15(20)17(16)27-11-12-5-2-1-3-6-12/h1-3,5-6,9,14H,4,7-8,10-11H2,(H,24,25)/t14-/m0/s1. The van der Waals surface area contributed by atoms with Crippen LogP contribution in [0.5, 0.6) is 5.75 Å². The Hall–Kier alpha value is -3.13. The summed E-state index contributed by atoms with van der Waals surface area (Å²) in [5.74, 6) is -1.98. The van der Waals surface area contributed by atoms with Gasteiger partial charge in [-0.2, -0.15) is 0 Å². The number of aromatic carboxylic acids is 1. The molecule has 4 rings (SSSR count). The summed E-state index contributed by atoms with van der Waals surface area (Å²) < 4.78 is 12.8. The maximum absolute atomic E-state index is 13.0. The van der Waals surface area contributed by atoms with Crippen LogP contribution in [-0.4, -0.2) is 45.8 Å². The highest BCUT2D eigenvalue weighted by Gasteiger charge is 2.38. The second-order valence-corrected chi connectivity index (χ2v) is 6.46. The number of nitrogens with zero attached hydrogens (tertiary/aromatic N) is 2. The van der Waals surface area contributed by atoms with Gasteiger partial charge in [-0.3, -0.25) is 9.59 Å². The van der Waals surface area contributed by atoms with Crippen molar-refractivity contribution in [2.24, 2.45) is 0 Å². The van der Waals surface area contributed by atoms with E-state index in [9.17, 15) is 19.5 Å². The molecule has 1 aromatic heterocycles. The maximum atomic E-state index is 13.0. The third-order valence-electron chi connectivity index (χ3n) is 4.71. The lowest BCUT2D eigenvalue weighted by molar-refractivity contribution is -0.0920. The minimum absolute atomic E-state index is 0.0549. The Balaban J connectivity index is 1.79. The Kier molecular flexibility index (Phi) is 4.41. The minimum atomic E-state index is -1.36. The highest BCUT2D eigenvalue weighted by Crippen LogP contribution is 2.27. The number of carboxylic acid groups (broad SMARTS) is 1. The molecule has 1 N–H and O–H groups in total. The van der Waals surface area contributed by atoms with E-state index in [1.807, 2.05) is 30.3 Å². The van der Waals surface area contributed by atoms with Gasteiger partial charge in [0.2, 0.25) is 5.43 Å². The highest BCUT2D eigenvalue weighted by atomic mass is 16.5. The van der Waals surface area contributed by atoms with Gasteiger partial charge < -0.3 is 24.0 Å². The summed E-state index contributed by atoms with van der Waals surface area (Å²) in [6, 6.07) is 9.15. The van der Waals surface area contributed by atoms with Gasteiger partial charge >= 0.3 is 5.97 Å². The second-order valence-electron chi connectivity index (χ2n) is 6.46. The molecule has 1 saturated heterocycles. The number of hydrogen-bond acceptors (Lipinski definition) is 5. The molecule has 0 saturated carbocycles. The van der Waals surface area contributed by atoms with Crippen LogP contribution in [0.1, 0.15) is 32.8 Å². The topological polar surface area (TPSA) is 98.1 Å². The van der Waals surface area contributed by atoms with Crippen molar-refractivity contribution in [1.82, 2.24) is 9.47 Å². The second kappa shape index (κ2) is 6.88.